The third kappa shape index (κ3) is 3.92. The smallest absolute Gasteiger partial charge is 0.343 e. The van der Waals surface area contributed by atoms with Crippen LogP contribution < -0.4 is 11.1 Å². The molecule has 1 aromatic rings. The molecule has 6 nitrogen and oxygen atoms in total. The van der Waals surface area contributed by atoms with Gasteiger partial charge in [0.05, 0.1) is 5.02 Å². The number of hydrogen-bond acceptors (Lipinski definition) is 4. The Morgan fingerprint density at radius 2 is 2.05 bits per heavy atom. The summed E-state index contributed by atoms with van der Waals surface area (Å²) in [6.45, 7) is 1.20. The van der Waals surface area contributed by atoms with Gasteiger partial charge in [0.25, 0.3) is 5.91 Å². The van der Waals surface area contributed by atoms with Crippen LogP contribution in [0.5, 0.6) is 0 Å². The zero-order valence-electron chi connectivity index (χ0n) is 9.78. The summed E-state index contributed by atoms with van der Waals surface area (Å²) in [5.74, 6) is -2.91. The summed E-state index contributed by atoms with van der Waals surface area (Å²) in [5.41, 5.74) is 4.25. The number of imide groups is 1. The first-order valence-corrected chi connectivity index (χ1v) is 5.46. The van der Waals surface area contributed by atoms with E-state index >= 15 is 0 Å². The summed E-state index contributed by atoms with van der Waals surface area (Å²) in [4.78, 5) is 33.4. The highest BCUT2D eigenvalue weighted by Gasteiger charge is 2.23. The standard InChI is InChI=1S/C11H10ClFN2O4/c1-5(9(16)15-11(14)18)19-10(17)8-6(12)3-2-4-7(8)13/h2-5H,1H3,(H3,14,15,16,18). The van der Waals surface area contributed by atoms with Gasteiger partial charge in [-0.25, -0.2) is 14.0 Å². The molecule has 0 aliphatic carbocycles. The van der Waals surface area contributed by atoms with Crippen molar-refractivity contribution in [2.45, 2.75) is 13.0 Å². The summed E-state index contributed by atoms with van der Waals surface area (Å²) in [7, 11) is 0. The fourth-order valence-electron chi connectivity index (χ4n) is 1.19. The second kappa shape index (κ2) is 6.14. The van der Waals surface area contributed by atoms with Crippen molar-refractivity contribution < 1.29 is 23.5 Å². The van der Waals surface area contributed by atoms with Crippen LogP contribution in [0.15, 0.2) is 18.2 Å². The van der Waals surface area contributed by atoms with Crippen LogP contribution in [0.2, 0.25) is 5.02 Å². The second-order valence-corrected chi connectivity index (χ2v) is 3.90. The molecule has 3 N–H and O–H groups in total. The summed E-state index contributed by atoms with van der Waals surface area (Å²) in [6, 6.07) is 2.56. The van der Waals surface area contributed by atoms with Gasteiger partial charge in [-0.1, -0.05) is 17.7 Å². The third-order valence-electron chi connectivity index (χ3n) is 2.07. The van der Waals surface area contributed by atoms with Crippen molar-refractivity contribution in [3.05, 3.63) is 34.6 Å². The average molecular weight is 289 g/mol. The lowest BCUT2D eigenvalue weighted by Gasteiger charge is -2.12. The Labute approximate surface area is 112 Å². The second-order valence-electron chi connectivity index (χ2n) is 3.50. The zero-order valence-corrected chi connectivity index (χ0v) is 10.5. The molecule has 1 atom stereocenters. The van der Waals surface area contributed by atoms with E-state index in [9.17, 15) is 18.8 Å². The Balaban J connectivity index is 2.80. The molecule has 0 heterocycles. The van der Waals surface area contributed by atoms with Crippen LogP contribution in [0.25, 0.3) is 0 Å². The van der Waals surface area contributed by atoms with Gasteiger partial charge in [0, 0.05) is 0 Å². The Kier molecular flexibility index (Phi) is 4.82. The molecule has 0 bridgehead atoms. The SMILES string of the molecule is CC(OC(=O)c1c(F)cccc1Cl)C(=O)NC(N)=O. The zero-order chi connectivity index (χ0) is 14.6. The van der Waals surface area contributed by atoms with Crippen molar-refractivity contribution in [1.82, 2.24) is 5.32 Å². The van der Waals surface area contributed by atoms with Crippen LogP contribution in [0.4, 0.5) is 9.18 Å². The van der Waals surface area contributed by atoms with Gasteiger partial charge in [-0.3, -0.25) is 10.1 Å². The number of carbonyl (C=O) groups excluding carboxylic acids is 3. The number of rotatable bonds is 3. The third-order valence-corrected chi connectivity index (χ3v) is 2.38. The molecule has 0 saturated heterocycles. The van der Waals surface area contributed by atoms with E-state index in [1.54, 1.807) is 5.32 Å². The molecule has 0 fully saturated rings. The van der Waals surface area contributed by atoms with Crippen LogP contribution in [0.3, 0.4) is 0 Å². The Bertz CT molecular complexity index is 515. The van der Waals surface area contributed by atoms with Crippen LogP contribution in [-0.2, 0) is 9.53 Å². The molecular weight excluding hydrogens is 279 g/mol. The number of nitrogens with two attached hydrogens (primary N) is 1. The van der Waals surface area contributed by atoms with Crippen molar-refractivity contribution in [1.29, 1.82) is 0 Å². The molecule has 0 aliphatic rings. The normalized spacial score (nSPS) is 11.5. The van der Waals surface area contributed by atoms with Crippen LogP contribution in [0.1, 0.15) is 17.3 Å². The van der Waals surface area contributed by atoms with Gasteiger partial charge in [-0.2, -0.15) is 0 Å². The monoisotopic (exact) mass is 288 g/mol. The lowest BCUT2D eigenvalue weighted by atomic mass is 10.2. The number of hydrogen-bond donors (Lipinski definition) is 2. The minimum atomic E-state index is -1.32. The van der Waals surface area contributed by atoms with Gasteiger partial charge in [0.2, 0.25) is 0 Å². The van der Waals surface area contributed by atoms with E-state index < -0.39 is 35.4 Å². The van der Waals surface area contributed by atoms with Crippen LogP contribution in [-0.4, -0.2) is 24.0 Å². The van der Waals surface area contributed by atoms with E-state index in [2.05, 4.69) is 4.74 Å². The molecule has 1 unspecified atom stereocenters. The van der Waals surface area contributed by atoms with Crippen molar-refractivity contribution in [3.63, 3.8) is 0 Å². The quantitative estimate of drug-likeness (QED) is 0.817. The van der Waals surface area contributed by atoms with E-state index in [-0.39, 0.29) is 5.02 Å². The first kappa shape index (κ1) is 14.9. The molecule has 1 rings (SSSR count). The highest BCUT2D eigenvalue weighted by molar-refractivity contribution is 6.33. The molecule has 8 heteroatoms. The van der Waals surface area contributed by atoms with Crippen molar-refractivity contribution in [3.8, 4) is 0 Å². The highest BCUT2D eigenvalue weighted by atomic mass is 35.5. The van der Waals surface area contributed by atoms with Gasteiger partial charge in [0.15, 0.2) is 6.10 Å². The number of primary amides is 1. The molecule has 0 radical (unpaired) electrons. The lowest BCUT2D eigenvalue weighted by molar-refractivity contribution is -0.127. The van der Waals surface area contributed by atoms with Crippen molar-refractivity contribution in [2.24, 2.45) is 5.73 Å². The molecule has 3 amide bonds. The molecule has 0 spiro atoms. The summed E-state index contributed by atoms with van der Waals surface area (Å²) >= 11 is 5.66. The number of halogens is 2. The number of esters is 1. The van der Waals surface area contributed by atoms with Gasteiger partial charge in [-0.15, -0.1) is 0 Å². The molecule has 19 heavy (non-hydrogen) atoms. The van der Waals surface area contributed by atoms with E-state index in [1.165, 1.54) is 19.1 Å². The maximum Gasteiger partial charge on any atom is 0.343 e. The molecule has 0 aliphatic heterocycles. The molecule has 0 aromatic heterocycles. The van der Waals surface area contributed by atoms with Crippen molar-refractivity contribution in [2.75, 3.05) is 0 Å². The van der Waals surface area contributed by atoms with Gasteiger partial charge in [0.1, 0.15) is 11.4 Å². The van der Waals surface area contributed by atoms with Gasteiger partial charge in [-0.05, 0) is 19.1 Å². The number of benzene rings is 1. The summed E-state index contributed by atoms with van der Waals surface area (Å²) in [6.07, 6.45) is -1.32. The predicted molar refractivity (Wildman–Crippen MR) is 64.0 cm³/mol. The molecule has 1 aromatic carbocycles. The number of amides is 3. The maximum atomic E-state index is 13.4. The molecular formula is C11H10ClFN2O4. The van der Waals surface area contributed by atoms with Crippen LogP contribution >= 0.6 is 11.6 Å². The minimum absolute atomic E-state index is 0.146. The van der Waals surface area contributed by atoms with Crippen molar-refractivity contribution >= 4 is 29.5 Å². The number of urea groups is 1. The average Bonchev–Trinajstić information content (AvgIpc) is 2.27. The lowest BCUT2D eigenvalue weighted by Crippen LogP contribution is -2.42. The topological polar surface area (TPSA) is 98.5 Å². The number of carbonyl (C=O) groups is 3. The van der Waals surface area contributed by atoms with E-state index in [1.807, 2.05) is 0 Å². The highest BCUT2D eigenvalue weighted by Crippen LogP contribution is 2.20. The number of ether oxygens (including phenoxy) is 1. The van der Waals surface area contributed by atoms with E-state index in [0.717, 1.165) is 6.07 Å². The van der Waals surface area contributed by atoms with Crippen LogP contribution in [0, 0.1) is 5.82 Å². The summed E-state index contributed by atoms with van der Waals surface area (Å²) in [5, 5.41) is 1.58. The minimum Gasteiger partial charge on any atom is -0.449 e. The first-order valence-electron chi connectivity index (χ1n) is 5.08. The first-order chi connectivity index (χ1) is 8.82. The predicted octanol–water partition coefficient (Wildman–Crippen LogP) is 1.22. The molecule has 102 valence electrons. The molecule has 0 saturated carbocycles. The maximum absolute atomic E-state index is 13.4. The van der Waals surface area contributed by atoms with Gasteiger partial charge >= 0.3 is 12.0 Å². The Morgan fingerprint density at radius 3 is 2.58 bits per heavy atom. The fraction of sp³-hybridized carbons (Fsp3) is 0.182. The fourth-order valence-corrected chi connectivity index (χ4v) is 1.43. The van der Waals surface area contributed by atoms with E-state index in [0.29, 0.717) is 0 Å². The largest absolute Gasteiger partial charge is 0.449 e. The number of nitrogens with one attached hydrogen (secondary N) is 1. The Hall–Kier alpha value is -2.15. The van der Waals surface area contributed by atoms with Gasteiger partial charge < -0.3 is 10.5 Å². The van der Waals surface area contributed by atoms with E-state index in [4.69, 9.17) is 17.3 Å². The summed E-state index contributed by atoms with van der Waals surface area (Å²) < 4.78 is 18.1. The Morgan fingerprint density at radius 1 is 1.42 bits per heavy atom.